The summed E-state index contributed by atoms with van der Waals surface area (Å²) >= 11 is 0. The number of piperidine rings is 1. The van der Waals surface area contributed by atoms with Gasteiger partial charge in [-0.15, -0.1) is 0 Å². The highest BCUT2D eigenvalue weighted by molar-refractivity contribution is 5.79. The van der Waals surface area contributed by atoms with Crippen molar-refractivity contribution in [3.8, 4) is 0 Å². The van der Waals surface area contributed by atoms with Gasteiger partial charge < -0.3 is 14.5 Å². The van der Waals surface area contributed by atoms with Crippen LogP contribution in [0.3, 0.4) is 0 Å². The number of nitrogens with zero attached hydrogens (tertiary/aromatic N) is 3. The average Bonchev–Trinajstić information content (AvgIpc) is 3.09. The lowest BCUT2D eigenvalue weighted by Gasteiger charge is -2.31. The Labute approximate surface area is 146 Å². The molecule has 1 N–H and O–H groups in total. The fraction of sp³-hybridized carbons (Fsp3) is 0.778. The van der Waals surface area contributed by atoms with Crippen molar-refractivity contribution in [3.63, 3.8) is 0 Å². The summed E-state index contributed by atoms with van der Waals surface area (Å²) in [6.07, 6.45) is 7.43. The highest BCUT2D eigenvalue weighted by Crippen LogP contribution is 2.52. The van der Waals surface area contributed by atoms with Crippen LogP contribution in [-0.4, -0.2) is 45.1 Å². The summed E-state index contributed by atoms with van der Waals surface area (Å²) in [6.45, 7) is 1.38. The number of carbonyl (C=O) groups excluding carboxylic acids is 1. The van der Waals surface area contributed by atoms with Gasteiger partial charge in [-0.1, -0.05) is 11.6 Å². The number of amides is 1. The van der Waals surface area contributed by atoms with Crippen LogP contribution in [0.4, 0.5) is 0 Å². The minimum absolute atomic E-state index is 0.0953. The zero-order valence-electron chi connectivity index (χ0n) is 14.4. The smallest absolute Gasteiger partial charge is 0.303 e. The van der Waals surface area contributed by atoms with E-state index in [-0.39, 0.29) is 23.7 Å². The van der Waals surface area contributed by atoms with Gasteiger partial charge in [0, 0.05) is 31.3 Å². The monoisotopic (exact) mass is 347 g/mol. The zero-order valence-corrected chi connectivity index (χ0v) is 14.4. The van der Waals surface area contributed by atoms with Crippen molar-refractivity contribution < 1.29 is 19.2 Å². The van der Waals surface area contributed by atoms with E-state index in [2.05, 4.69) is 10.1 Å². The standard InChI is InChI=1S/C18H25N3O4/c22-14(10-18(6-7-18)11-15(23)24)21-8-4-13(5-9-21)17-19-16(20-25-17)12-2-1-3-12/h12-13H,1-11H2,(H,23,24). The molecule has 7 heteroatoms. The van der Waals surface area contributed by atoms with Crippen LogP contribution < -0.4 is 0 Å². The summed E-state index contributed by atoms with van der Waals surface area (Å²) < 4.78 is 5.46. The van der Waals surface area contributed by atoms with Crippen LogP contribution >= 0.6 is 0 Å². The van der Waals surface area contributed by atoms with Gasteiger partial charge in [-0.3, -0.25) is 9.59 Å². The third kappa shape index (κ3) is 3.55. The van der Waals surface area contributed by atoms with E-state index >= 15 is 0 Å². The summed E-state index contributed by atoms with van der Waals surface area (Å²) in [5.74, 6) is 1.57. The molecule has 0 bridgehead atoms. The van der Waals surface area contributed by atoms with Gasteiger partial charge in [0.2, 0.25) is 11.8 Å². The van der Waals surface area contributed by atoms with Crippen molar-refractivity contribution in [2.24, 2.45) is 5.41 Å². The van der Waals surface area contributed by atoms with Gasteiger partial charge >= 0.3 is 5.97 Å². The lowest BCUT2D eigenvalue weighted by Crippen LogP contribution is -2.39. The third-order valence-electron chi connectivity index (χ3n) is 6.13. The molecule has 7 nitrogen and oxygen atoms in total. The van der Waals surface area contributed by atoms with Crippen LogP contribution in [0.5, 0.6) is 0 Å². The van der Waals surface area contributed by atoms with Crippen LogP contribution in [0.15, 0.2) is 4.52 Å². The van der Waals surface area contributed by atoms with Crippen molar-refractivity contribution in [2.75, 3.05) is 13.1 Å². The maximum Gasteiger partial charge on any atom is 0.303 e. The summed E-state index contributed by atoms with van der Waals surface area (Å²) in [5.41, 5.74) is -0.274. The molecule has 1 aromatic heterocycles. The molecule has 0 unspecified atom stereocenters. The molecule has 0 spiro atoms. The summed E-state index contributed by atoms with van der Waals surface area (Å²) in [6, 6.07) is 0. The fourth-order valence-corrected chi connectivity index (χ4v) is 3.97. The van der Waals surface area contributed by atoms with Gasteiger partial charge in [0.05, 0.1) is 6.42 Å². The second kappa shape index (κ2) is 6.42. The van der Waals surface area contributed by atoms with Crippen LogP contribution in [0.2, 0.25) is 0 Å². The lowest BCUT2D eigenvalue weighted by molar-refractivity contribution is -0.139. The topological polar surface area (TPSA) is 96.5 Å². The molecule has 2 heterocycles. The molecule has 2 saturated carbocycles. The first kappa shape index (κ1) is 16.5. The first-order valence-electron chi connectivity index (χ1n) is 9.38. The zero-order chi connectivity index (χ0) is 17.4. The Morgan fingerprint density at radius 3 is 2.40 bits per heavy atom. The van der Waals surface area contributed by atoms with Gasteiger partial charge in [0.15, 0.2) is 5.82 Å². The Morgan fingerprint density at radius 2 is 1.84 bits per heavy atom. The van der Waals surface area contributed by atoms with Crippen molar-refractivity contribution in [1.29, 1.82) is 0 Å². The Kier molecular flexibility index (Phi) is 4.25. The average molecular weight is 347 g/mol. The van der Waals surface area contributed by atoms with E-state index in [1.807, 2.05) is 4.90 Å². The minimum atomic E-state index is -0.803. The van der Waals surface area contributed by atoms with Gasteiger partial charge in [-0.05, 0) is 43.9 Å². The van der Waals surface area contributed by atoms with E-state index in [9.17, 15) is 9.59 Å². The molecule has 3 aliphatic rings. The fourth-order valence-electron chi connectivity index (χ4n) is 3.97. The molecule has 1 aromatic rings. The molecular formula is C18H25N3O4. The van der Waals surface area contributed by atoms with Crippen molar-refractivity contribution in [1.82, 2.24) is 15.0 Å². The Hall–Kier alpha value is -1.92. The number of hydrogen-bond donors (Lipinski definition) is 1. The number of rotatable bonds is 6. The molecule has 25 heavy (non-hydrogen) atoms. The first-order chi connectivity index (χ1) is 12.0. The first-order valence-corrected chi connectivity index (χ1v) is 9.38. The number of hydrogen-bond acceptors (Lipinski definition) is 5. The molecule has 1 amide bonds. The molecule has 136 valence electrons. The number of aromatic nitrogens is 2. The largest absolute Gasteiger partial charge is 0.481 e. The quantitative estimate of drug-likeness (QED) is 0.850. The van der Waals surface area contributed by atoms with Crippen molar-refractivity contribution in [2.45, 2.75) is 69.6 Å². The predicted octanol–water partition coefficient (Wildman–Crippen LogP) is 2.69. The van der Waals surface area contributed by atoms with Crippen LogP contribution in [0.1, 0.15) is 81.3 Å². The van der Waals surface area contributed by atoms with Crippen LogP contribution in [0, 0.1) is 5.41 Å². The van der Waals surface area contributed by atoms with E-state index in [1.165, 1.54) is 6.42 Å². The van der Waals surface area contributed by atoms with Crippen LogP contribution in [-0.2, 0) is 9.59 Å². The number of carbonyl (C=O) groups is 2. The molecule has 4 rings (SSSR count). The van der Waals surface area contributed by atoms with Gasteiger partial charge in [0.25, 0.3) is 0 Å². The van der Waals surface area contributed by atoms with E-state index in [4.69, 9.17) is 9.63 Å². The predicted molar refractivity (Wildman–Crippen MR) is 88.0 cm³/mol. The maximum atomic E-state index is 12.5. The second-order valence-corrected chi connectivity index (χ2v) is 8.02. The van der Waals surface area contributed by atoms with E-state index in [0.717, 1.165) is 50.2 Å². The molecule has 1 aliphatic heterocycles. The number of likely N-dealkylation sites (tertiary alicyclic amines) is 1. The lowest BCUT2D eigenvalue weighted by atomic mass is 9.85. The SMILES string of the molecule is O=C(O)CC1(CC(=O)N2CCC(c3nc(C4CCC4)no3)CC2)CC1. The highest BCUT2D eigenvalue weighted by atomic mass is 16.5. The number of carboxylic acid groups (broad SMARTS) is 1. The Morgan fingerprint density at radius 1 is 1.12 bits per heavy atom. The molecular weight excluding hydrogens is 322 g/mol. The molecule has 0 radical (unpaired) electrons. The molecule has 0 aromatic carbocycles. The normalized spacial score (nSPS) is 23.3. The maximum absolute atomic E-state index is 12.5. The summed E-state index contributed by atoms with van der Waals surface area (Å²) in [4.78, 5) is 29.9. The van der Waals surface area contributed by atoms with Gasteiger partial charge in [-0.2, -0.15) is 4.98 Å². The number of aliphatic carboxylic acids is 1. The van der Waals surface area contributed by atoms with E-state index < -0.39 is 5.97 Å². The Balaban J connectivity index is 1.28. The van der Waals surface area contributed by atoms with Gasteiger partial charge in [-0.25, -0.2) is 0 Å². The molecule has 0 atom stereocenters. The summed E-state index contributed by atoms with van der Waals surface area (Å²) in [5, 5.41) is 13.1. The minimum Gasteiger partial charge on any atom is -0.481 e. The molecule has 3 fully saturated rings. The van der Waals surface area contributed by atoms with Crippen molar-refractivity contribution in [3.05, 3.63) is 11.7 Å². The second-order valence-electron chi connectivity index (χ2n) is 8.02. The molecule has 2 aliphatic carbocycles. The van der Waals surface area contributed by atoms with Crippen LogP contribution in [0.25, 0.3) is 0 Å². The van der Waals surface area contributed by atoms with E-state index in [1.54, 1.807) is 0 Å². The third-order valence-corrected chi connectivity index (χ3v) is 6.13. The summed E-state index contributed by atoms with van der Waals surface area (Å²) in [7, 11) is 0. The number of carboxylic acids is 1. The van der Waals surface area contributed by atoms with Crippen molar-refractivity contribution >= 4 is 11.9 Å². The highest BCUT2D eigenvalue weighted by Gasteiger charge is 2.46. The van der Waals surface area contributed by atoms with E-state index in [0.29, 0.717) is 25.4 Å². The Bertz CT molecular complexity index is 655. The molecule has 1 saturated heterocycles. The van der Waals surface area contributed by atoms with Gasteiger partial charge in [0.1, 0.15) is 0 Å².